The van der Waals surface area contributed by atoms with Gasteiger partial charge in [0.05, 0.1) is 24.4 Å². The predicted octanol–water partition coefficient (Wildman–Crippen LogP) is 5.18. The van der Waals surface area contributed by atoms with E-state index in [2.05, 4.69) is 23.2 Å². The molecule has 1 aromatic heterocycles. The second kappa shape index (κ2) is 11.9. The Balaban J connectivity index is 1.40. The maximum Gasteiger partial charge on any atom is 0.223 e. The normalized spacial score (nSPS) is 14.7. The highest BCUT2D eigenvalue weighted by Gasteiger charge is 2.21. The van der Waals surface area contributed by atoms with Gasteiger partial charge in [0.2, 0.25) is 5.91 Å². The second-order valence-corrected chi connectivity index (χ2v) is 12.0. The Morgan fingerprint density at radius 3 is 2.62 bits per heavy atom. The van der Waals surface area contributed by atoms with Crippen molar-refractivity contribution in [1.29, 1.82) is 0 Å². The fourth-order valence-electron chi connectivity index (χ4n) is 5.16. The van der Waals surface area contributed by atoms with Gasteiger partial charge in [0.15, 0.2) is 21.3 Å². The fraction of sp³-hybridized carbons (Fsp3) is 0.323. The van der Waals surface area contributed by atoms with Gasteiger partial charge in [-0.25, -0.2) is 8.42 Å². The summed E-state index contributed by atoms with van der Waals surface area (Å²) in [5, 5.41) is 1.14. The zero-order chi connectivity index (χ0) is 27.2. The van der Waals surface area contributed by atoms with Crippen LogP contribution < -0.4 is 9.47 Å². The van der Waals surface area contributed by atoms with E-state index in [1.807, 2.05) is 29.2 Å². The summed E-state index contributed by atoms with van der Waals surface area (Å²) >= 11 is 0. The van der Waals surface area contributed by atoms with Gasteiger partial charge in [-0.15, -0.1) is 0 Å². The summed E-state index contributed by atoms with van der Waals surface area (Å²) in [5.74, 6) is 1.06. The highest BCUT2D eigenvalue weighted by atomic mass is 32.2. The lowest BCUT2D eigenvalue weighted by Crippen LogP contribution is -2.35. The first kappa shape index (κ1) is 26.8. The van der Waals surface area contributed by atoms with Crippen LogP contribution in [0.25, 0.3) is 10.9 Å². The van der Waals surface area contributed by atoms with E-state index in [1.54, 1.807) is 37.4 Å². The largest absolute Gasteiger partial charge is 0.493 e. The van der Waals surface area contributed by atoms with Crippen LogP contribution >= 0.6 is 0 Å². The molecule has 0 fully saturated rings. The summed E-state index contributed by atoms with van der Waals surface area (Å²) < 4.78 is 37.2. The highest BCUT2D eigenvalue weighted by Crippen LogP contribution is 2.31. The summed E-state index contributed by atoms with van der Waals surface area (Å²) in [6, 6.07) is 22.6. The average Bonchev–Trinajstić information content (AvgIpc) is 3.30. The molecule has 0 spiro atoms. The molecule has 0 saturated carbocycles. The van der Waals surface area contributed by atoms with E-state index >= 15 is 0 Å². The van der Waals surface area contributed by atoms with Crippen molar-refractivity contribution >= 4 is 26.6 Å². The minimum absolute atomic E-state index is 0.0454. The molecule has 4 aromatic rings. The first-order chi connectivity index (χ1) is 18.9. The highest BCUT2D eigenvalue weighted by molar-refractivity contribution is 7.91. The van der Waals surface area contributed by atoms with Gasteiger partial charge in [0, 0.05) is 42.5 Å². The molecule has 3 aromatic carbocycles. The van der Waals surface area contributed by atoms with Crippen molar-refractivity contribution in [2.75, 3.05) is 32.6 Å². The molecule has 1 aliphatic rings. The molecule has 2 heterocycles. The number of para-hydroxylation sites is 1. The Kier molecular flexibility index (Phi) is 8.21. The number of hydrogen-bond acceptors (Lipinski definition) is 5. The van der Waals surface area contributed by atoms with Gasteiger partial charge < -0.3 is 19.4 Å². The fourth-order valence-corrected chi connectivity index (χ4v) is 6.41. The number of aromatic amines is 1. The summed E-state index contributed by atoms with van der Waals surface area (Å²) in [6.07, 6.45) is 2.83. The van der Waals surface area contributed by atoms with Crippen molar-refractivity contribution in [2.24, 2.45) is 0 Å². The molecule has 0 saturated heterocycles. The molecule has 0 atom stereocenters. The third-order valence-corrected chi connectivity index (χ3v) is 8.99. The van der Waals surface area contributed by atoms with Crippen molar-refractivity contribution in [2.45, 2.75) is 37.0 Å². The number of benzene rings is 3. The first-order valence-corrected chi connectivity index (χ1v) is 15.0. The molecule has 0 aliphatic carbocycles. The van der Waals surface area contributed by atoms with Gasteiger partial charge in [-0.05, 0) is 60.7 Å². The van der Waals surface area contributed by atoms with E-state index in [4.69, 9.17) is 9.47 Å². The van der Waals surface area contributed by atoms with Gasteiger partial charge >= 0.3 is 0 Å². The number of fused-ring (bicyclic) bond motifs is 5. The number of nitrogens with one attached hydrogen (secondary N) is 1. The van der Waals surface area contributed by atoms with Crippen LogP contribution in [0.4, 0.5) is 0 Å². The molecule has 8 heteroatoms. The molecule has 1 aliphatic heterocycles. The van der Waals surface area contributed by atoms with Gasteiger partial charge in [0.1, 0.15) is 0 Å². The molecule has 0 unspecified atom stereocenters. The van der Waals surface area contributed by atoms with Crippen LogP contribution in [-0.2, 0) is 27.5 Å². The Bertz CT molecular complexity index is 1550. The lowest BCUT2D eigenvalue weighted by Gasteiger charge is -2.24. The minimum Gasteiger partial charge on any atom is -0.493 e. The predicted molar refractivity (Wildman–Crippen MR) is 152 cm³/mol. The molecule has 39 heavy (non-hydrogen) atoms. The number of amides is 1. The maximum atomic E-state index is 13.4. The van der Waals surface area contributed by atoms with E-state index in [1.165, 1.54) is 5.56 Å². The number of H-pyrrole nitrogens is 1. The van der Waals surface area contributed by atoms with E-state index < -0.39 is 9.84 Å². The summed E-state index contributed by atoms with van der Waals surface area (Å²) in [5.41, 5.74) is 4.44. The molecular formula is C31H34N2O5S. The first-order valence-electron chi connectivity index (χ1n) is 13.4. The third-order valence-electron chi connectivity index (χ3n) is 7.26. The standard InChI is InChI=1S/C31H34N2O5S/c1-37-29-14-13-23-21-28-26(25-11-5-6-12-27(25)32-28)15-18-33(17-7-8-19-38-30(29)22-23)31(34)16-20-39(35,36)24-9-3-2-4-10-24/h2-6,9-14,22,32H,7-8,15-21H2,1H3. The monoisotopic (exact) mass is 546 g/mol. The molecule has 2 bridgehead atoms. The topological polar surface area (TPSA) is 88.7 Å². The molecular weight excluding hydrogens is 512 g/mol. The van der Waals surface area contributed by atoms with Crippen molar-refractivity contribution in [1.82, 2.24) is 9.88 Å². The van der Waals surface area contributed by atoms with Crippen LogP contribution in [0.5, 0.6) is 11.5 Å². The van der Waals surface area contributed by atoms with Gasteiger partial charge in [-0.3, -0.25) is 4.79 Å². The number of carbonyl (C=O) groups excluding carboxylic acids is 1. The van der Waals surface area contributed by atoms with Crippen molar-refractivity contribution < 1.29 is 22.7 Å². The molecule has 1 amide bonds. The number of nitrogens with zero attached hydrogens (tertiary/aromatic N) is 1. The smallest absolute Gasteiger partial charge is 0.223 e. The van der Waals surface area contributed by atoms with Crippen LogP contribution in [0.1, 0.15) is 36.1 Å². The van der Waals surface area contributed by atoms with Crippen molar-refractivity contribution in [3.8, 4) is 11.5 Å². The summed E-state index contributed by atoms with van der Waals surface area (Å²) in [7, 11) is -1.89. The van der Waals surface area contributed by atoms with Crippen LogP contribution in [0.3, 0.4) is 0 Å². The van der Waals surface area contributed by atoms with Crippen LogP contribution in [-0.4, -0.2) is 56.8 Å². The van der Waals surface area contributed by atoms with Crippen molar-refractivity contribution in [3.05, 3.63) is 89.6 Å². The zero-order valence-corrected chi connectivity index (χ0v) is 23.0. The van der Waals surface area contributed by atoms with Gasteiger partial charge in [0.25, 0.3) is 0 Å². The van der Waals surface area contributed by atoms with Gasteiger partial charge in [-0.2, -0.15) is 0 Å². The van der Waals surface area contributed by atoms with Crippen LogP contribution in [0, 0.1) is 0 Å². The second-order valence-electron chi connectivity index (χ2n) is 9.86. The minimum atomic E-state index is -3.53. The summed E-state index contributed by atoms with van der Waals surface area (Å²) in [4.78, 5) is 19.0. The number of ether oxygens (including phenoxy) is 2. The Morgan fingerprint density at radius 1 is 1.00 bits per heavy atom. The number of hydrogen-bond donors (Lipinski definition) is 1. The Labute approximate surface area is 229 Å². The van der Waals surface area contributed by atoms with E-state index in [9.17, 15) is 13.2 Å². The SMILES string of the molecule is COc1ccc2cc1OCCCCN(C(=O)CCS(=O)(=O)c1ccccc1)CCc1c([nH]c3ccccc13)C2. The maximum absolute atomic E-state index is 13.4. The molecule has 0 radical (unpaired) electrons. The van der Waals surface area contributed by atoms with Crippen LogP contribution in [0.15, 0.2) is 77.7 Å². The number of carbonyl (C=O) groups is 1. The van der Waals surface area contributed by atoms with Crippen molar-refractivity contribution in [3.63, 3.8) is 0 Å². The molecule has 204 valence electrons. The quantitative estimate of drug-likeness (QED) is 0.373. The van der Waals surface area contributed by atoms with Crippen LogP contribution in [0.2, 0.25) is 0 Å². The molecule has 1 N–H and O–H groups in total. The van der Waals surface area contributed by atoms with Gasteiger partial charge in [-0.1, -0.05) is 42.5 Å². The third kappa shape index (κ3) is 6.28. The number of methoxy groups -OCH3 is 1. The number of sulfone groups is 1. The molecule has 7 nitrogen and oxygen atoms in total. The lowest BCUT2D eigenvalue weighted by atomic mass is 10.0. The lowest BCUT2D eigenvalue weighted by molar-refractivity contribution is -0.130. The zero-order valence-electron chi connectivity index (χ0n) is 22.2. The molecule has 5 rings (SSSR count). The average molecular weight is 547 g/mol. The van der Waals surface area contributed by atoms with E-state index in [0.717, 1.165) is 35.0 Å². The Morgan fingerprint density at radius 2 is 1.79 bits per heavy atom. The van der Waals surface area contributed by atoms with E-state index in [0.29, 0.717) is 44.0 Å². The summed E-state index contributed by atoms with van der Waals surface area (Å²) in [6.45, 7) is 1.57. The van der Waals surface area contributed by atoms with E-state index in [-0.39, 0.29) is 23.0 Å². The number of aromatic nitrogens is 1. The number of rotatable bonds is 5. The Hall–Kier alpha value is -3.78.